The molecule has 0 radical (unpaired) electrons. The number of hydrogen-bond donors (Lipinski definition) is 0. The fourth-order valence-electron chi connectivity index (χ4n) is 2.81. The van der Waals surface area contributed by atoms with E-state index >= 15 is 0 Å². The molecule has 3 rings (SSSR count). The van der Waals surface area contributed by atoms with Crippen LogP contribution in [0.25, 0.3) is 0 Å². The third-order valence-corrected chi connectivity index (χ3v) is 6.62. The van der Waals surface area contributed by atoms with Crippen LogP contribution in [0.2, 0.25) is 0 Å². The molecule has 142 valence electrons. The molecule has 1 amide bonds. The van der Waals surface area contributed by atoms with Crippen molar-refractivity contribution in [3.05, 3.63) is 59.7 Å². The number of rotatable bonds is 5. The molecule has 0 aliphatic carbocycles. The van der Waals surface area contributed by atoms with Gasteiger partial charge in [-0.25, -0.2) is 13.2 Å². The Morgan fingerprint density at radius 3 is 2.00 bits per heavy atom. The smallest absolute Gasteiger partial charge is 0.337 e. The second kappa shape index (κ2) is 7.40. The van der Waals surface area contributed by atoms with Gasteiger partial charge < -0.3 is 14.4 Å². The molecule has 1 fully saturated rings. The minimum atomic E-state index is -3.51. The molecule has 7 nitrogen and oxygen atoms in total. The summed E-state index contributed by atoms with van der Waals surface area (Å²) in [6.07, 6.45) is 0. The highest BCUT2D eigenvalue weighted by Gasteiger charge is 2.40. The van der Waals surface area contributed by atoms with Crippen molar-refractivity contribution < 1.29 is 27.5 Å². The fraction of sp³-hybridized carbons (Fsp3) is 0.263. The molecule has 0 spiro atoms. The van der Waals surface area contributed by atoms with Crippen molar-refractivity contribution in [3.63, 3.8) is 0 Å². The Balaban J connectivity index is 1.65. The van der Waals surface area contributed by atoms with Gasteiger partial charge in [-0.15, -0.1) is 0 Å². The molecule has 1 saturated heterocycles. The Morgan fingerprint density at radius 2 is 1.48 bits per heavy atom. The molecule has 2 aromatic carbocycles. The van der Waals surface area contributed by atoms with E-state index in [1.54, 1.807) is 12.1 Å². The van der Waals surface area contributed by atoms with Gasteiger partial charge in [0.25, 0.3) is 5.91 Å². The van der Waals surface area contributed by atoms with Crippen molar-refractivity contribution in [2.75, 3.05) is 27.3 Å². The van der Waals surface area contributed by atoms with Crippen LogP contribution in [-0.4, -0.2) is 57.8 Å². The van der Waals surface area contributed by atoms with Crippen LogP contribution in [0.5, 0.6) is 5.75 Å². The molecule has 0 unspecified atom stereocenters. The molecule has 1 aliphatic heterocycles. The van der Waals surface area contributed by atoms with Crippen LogP contribution in [-0.2, 0) is 14.6 Å². The average molecular weight is 389 g/mol. The number of ether oxygens (including phenoxy) is 2. The molecule has 1 aliphatic rings. The molecule has 0 atom stereocenters. The van der Waals surface area contributed by atoms with Gasteiger partial charge in [0.1, 0.15) is 11.0 Å². The zero-order chi connectivity index (χ0) is 19.6. The quantitative estimate of drug-likeness (QED) is 0.724. The van der Waals surface area contributed by atoms with E-state index < -0.39 is 21.1 Å². The average Bonchev–Trinajstić information content (AvgIpc) is 2.66. The van der Waals surface area contributed by atoms with Gasteiger partial charge in [0, 0.05) is 18.7 Å². The fourth-order valence-corrected chi connectivity index (χ4v) is 4.46. The number of benzene rings is 2. The Kier molecular flexibility index (Phi) is 5.18. The van der Waals surface area contributed by atoms with Crippen LogP contribution in [0, 0.1) is 0 Å². The van der Waals surface area contributed by atoms with Crippen LogP contribution in [0.4, 0.5) is 0 Å². The zero-order valence-corrected chi connectivity index (χ0v) is 15.7. The highest BCUT2D eigenvalue weighted by atomic mass is 32.2. The SMILES string of the molecule is COC(=O)c1ccc(C(=O)N2CC(S(=O)(=O)c3ccc(OC)cc3)C2)cc1. The molecular formula is C19H19NO6S. The van der Waals surface area contributed by atoms with Crippen LogP contribution in [0.15, 0.2) is 53.4 Å². The van der Waals surface area contributed by atoms with Gasteiger partial charge in [-0.3, -0.25) is 4.79 Å². The van der Waals surface area contributed by atoms with Crippen LogP contribution >= 0.6 is 0 Å². The number of esters is 1. The number of hydrogen-bond acceptors (Lipinski definition) is 6. The molecule has 27 heavy (non-hydrogen) atoms. The van der Waals surface area contributed by atoms with Gasteiger partial charge in [0.2, 0.25) is 0 Å². The van der Waals surface area contributed by atoms with Gasteiger partial charge >= 0.3 is 5.97 Å². The van der Waals surface area contributed by atoms with Crippen molar-refractivity contribution >= 4 is 21.7 Å². The van der Waals surface area contributed by atoms with Crippen molar-refractivity contribution in [1.29, 1.82) is 0 Å². The summed E-state index contributed by atoms with van der Waals surface area (Å²) in [5.74, 6) is -0.175. The van der Waals surface area contributed by atoms with Gasteiger partial charge in [0.15, 0.2) is 9.84 Å². The van der Waals surface area contributed by atoms with E-state index in [1.165, 1.54) is 55.5 Å². The predicted molar refractivity (Wildman–Crippen MR) is 97.7 cm³/mol. The molecule has 0 N–H and O–H groups in total. The molecule has 0 aromatic heterocycles. The monoisotopic (exact) mass is 389 g/mol. The van der Waals surface area contributed by atoms with E-state index in [2.05, 4.69) is 4.74 Å². The lowest BCUT2D eigenvalue weighted by molar-refractivity contribution is 0.0598. The molecule has 0 saturated carbocycles. The van der Waals surface area contributed by atoms with Gasteiger partial charge in [-0.05, 0) is 48.5 Å². The summed E-state index contributed by atoms with van der Waals surface area (Å²) >= 11 is 0. The first-order valence-corrected chi connectivity index (χ1v) is 9.77. The summed E-state index contributed by atoms with van der Waals surface area (Å²) in [5.41, 5.74) is 0.737. The number of likely N-dealkylation sites (tertiary alicyclic amines) is 1. The van der Waals surface area contributed by atoms with E-state index in [0.29, 0.717) is 16.9 Å². The first kappa shape index (κ1) is 18.9. The first-order chi connectivity index (χ1) is 12.9. The molecule has 0 bridgehead atoms. The lowest BCUT2D eigenvalue weighted by atomic mass is 10.1. The zero-order valence-electron chi connectivity index (χ0n) is 14.9. The van der Waals surface area contributed by atoms with E-state index in [0.717, 1.165) is 0 Å². The Morgan fingerprint density at radius 1 is 0.926 bits per heavy atom. The second-order valence-electron chi connectivity index (χ2n) is 6.12. The maximum Gasteiger partial charge on any atom is 0.337 e. The Labute approximate surface area is 157 Å². The minimum absolute atomic E-state index is 0.131. The summed E-state index contributed by atoms with van der Waals surface area (Å²) in [6.45, 7) is 0.262. The molecule has 8 heteroatoms. The van der Waals surface area contributed by atoms with E-state index in [-0.39, 0.29) is 23.9 Å². The number of sulfone groups is 1. The summed E-state index contributed by atoms with van der Waals surface area (Å²) in [6, 6.07) is 12.3. The van der Waals surface area contributed by atoms with Gasteiger partial charge in [-0.1, -0.05) is 0 Å². The third kappa shape index (κ3) is 3.66. The number of carbonyl (C=O) groups is 2. The van der Waals surface area contributed by atoms with Crippen LogP contribution in [0.3, 0.4) is 0 Å². The standard InChI is InChI=1S/C19H19NO6S/c1-25-15-7-9-16(10-8-15)27(23,24)17-11-20(12-17)18(21)13-3-5-14(6-4-13)19(22)26-2/h3-10,17H,11-12H2,1-2H3. The maximum atomic E-state index is 12.6. The summed E-state index contributed by atoms with van der Waals surface area (Å²) in [7, 11) is -0.715. The first-order valence-electron chi connectivity index (χ1n) is 8.22. The maximum absolute atomic E-state index is 12.6. The Bertz CT molecular complexity index is 945. The van der Waals surface area contributed by atoms with E-state index in [9.17, 15) is 18.0 Å². The van der Waals surface area contributed by atoms with Crippen molar-refractivity contribution in [1.82, 2.24) is 4.90 Å². The summed E-state index contributed by atoms with van der Waals surface area (Å²) < 4.78 is 34.9. The van der Waals surface area contributed by atoms with Crippen LogP contribution in [0.1, 0.15) is 20.7 Å². The normalized spacial score (nSPS) is 14.4. The lowest BCUT2D eigenvalue weighted by Gasteiger charge is -2.38. The topological polar surface area (TPSA) is 90.0 Å². The van der Waals surface area contributed by atoms with Crippen molar-refractivity contribution in [3.8, 4) is 5.75 Å². The number of amides is 1. The van der Waals surface area contributed by atoms with E-state index in [4.69, 9.17) is 4.74 Å². The Hall–Kier alpha value is -2.87. The number of carbonyl (C=O) groups excluding carboxylic acids is 2. The van der Waals surface area contributed by atoms with Crippen LogP contribution < -0.4 is 4.74 Å². The lowest BCUT2D eigenvalue weighted by Crippen LogP contribution is -2.56. The molecular weight excluding hydrogens is 370 g/mol. The highest BCUT2D eigenvalue weighted by molar-refractivity contribution is 7.92. The van der Waals surface area contributed by atoms with Gasteiger partial charge in [0.05, 0.1) is 24.7 Å². The number of nitrogens with zero attached hydrogens (tertiary/aromatic N) is 1. The molecule has 2 aromatic rings. The second-order valence-corrected chi connectivity index (χ2v) is 8.35. The van der Waals surface area contributed by atoms with Crippen molar-refractivity contribution in [2.45, 2.75) is 10.1 Å². The predicted octanol–water partition coefficient (Wildman–Crippen LogP) is 1.78. The number of methoxy groups -OCH3 is 2. The van der Waals surface area contributed by atoms with Gasteiger partial charge in [-0.2, -0.15) is 0 Å². The third-order valence-electron chi connectivity index (χ3n) is 4.52. The molecule has 1 heterocycles. The van der Waals surface area contributed by atoms with E-state index in [1.807, 2.05) is 0 Å². The highest BCUT2D eigenvalue weighted by Crippen LogP contribution is 2.26. The van der Waals surface area contributed by atoms with Crippen molar-refractivity contribution in [2.24, 2.45) is 0 Å². The summed E-state index contributed by atoms with van der Waals surface area (Å²) in [4.78, 5) is 25.6. The minimum Gasteiger partial charge on any atom is -0.497 e. The summed E-state index contributed by atoms with van der Waals surface area (Å²) in [5, 5.41) is -0.635. The largest absolute Gasteiger partial charge is 0.497 e.